The highest BCUT2D eigenvalue weighted by Gasteiger charge is 2.09. The summed E-state index contributed by atoms with van der Waals surface area (Å²) in [5, 5.41) is 12.2. The summed E-state index contributed by atoms with van der Waals surface area (Å²) in [4.78, 5) is 0. The second kappa shape index (κ2) is 4.35. The van der Waals surface area contributed by atoms with Gasteiger partial charge in [0.25, 0.3) is 0 Å². The van der Waals surface area contributed by atoms with Crippen LogP contribution in [-0.2, 0) is 0 Å². The fourth-order valence-electron chi connectivity index (χ4n) is 1.27. The summed E-state index contributed by atoms with van der Waals surface area (Å²) in [7, 11) is 0. The van der Waals surface area contributed by atoms with E-state index < -0.39 is 0 Å². The van der Waals surface area contributed by atoms with Crippen molar-refractivity contribution in [2.24, 2.45) is 5.41 Å². The molecule has 0 fully saturated rings. The van der Waals surface area contributed by atoms with Crippen LogP contribution in [0.15, 0.2) is 18.2 Å². The van der Waals surface area contributed by atoms with E-state index in [9.17, 15) is 0 Å². The molecule has 0 aliphatic carbocycles. The maximum absolute atomic E-state index is 8.80. The third kappa shape index (κ3) is 3.63. The minimum absolute atomic E-state index is 0.266. The molecule has 0 bridgehead atoms. The van der Waals surface area contributed by atoms with Gasteiger partial charge >= 0.3 is 0 Å². The van der Waals surface area contributed by atoms with Crippen LogP contribution in [0.3, 0.4) is 0 Å². The van der Waals surface area contributed by atoms with Gasteiger partial charge in [0.2, 0.25) is 0 Å². The molecule has 2 heteroatoms. The molecule has 0 saturated carbocycles. The summed E-state index contributed by atoms with van der Waals surface area (Å²) in [6.07, 6.45) is 0. The van der Waals surface area contributed by atoms with Crippen molar-refractivity contribution < 1.29 is 0 Å². The van der Waals surface area contributed by atoms with Crippen molar-refractivity contribution in [3.63, 3.8) is 0 Å². The van der Waals surface area contributed by atoms with Crippen LogP contribution in [0.4, 0.5) is 5.69 Å². The number of anilines is 1. The highest BCUT2D eigenvalue weighted by Crippen LogP contribution is 2.18. The van der Waals surface area contributed by atoms with Crippen molar-refractivity contribution >= 4 is 5.69 Å². The average Bonchev–Trinajstić information content (AvgIpc) is 2.14. The van der Waals surface area contributed by atoms with Gasteiger partial charge in [-0.25, -0.2) is 0 Å². The van der Waals surface area contributed by atoms with Crippen molar-refractivity contribution in [3.05, 3.63) is 29.3 Å². The van der Waals surface area contributed by atoms with Crippen molar-refractivity contribution in [2.75, 3.05) is 11.9 Å². The van der Waals surface area contributed by atoms with Crippen LogP contribution in [0.5, 0.6) is 0 Å². The van der Waals surface area contributed by atoms with Crippen molar-refractivity contribution in [3.8, 4) is 6.07 Å². The second-order valence-corrected chi connectivity index (χ2v) is 5.06. The summed E-state index contributed by atoms with van der Waals surface area (Å²) in [6.45, 7) is 9.46. The highest BCUT2D eigenvalue weighted by atomic mass is 14.9. The summed E-state index contributed by atoms with van der Waals surface area (Å²) >= 11 is 0. The van der Waals surface area contributed by atoms with Crippen LogP contribution in [0.1, 0.15) is 31.9 Å². The van der Waals surface area contributed by atoms with E-state index in [4.69, 9.17) is 5.26 Å². The van der Waals surface area contributed by atoms with Crippen molar-refractivity contribution in [2.45, 2.75) is 27.7 Å². The number of aryl methyl sites for hydroxylation is 1. The van der Waals surface area contributed by atoms with E-state index in [0.29, 0.717) is 0 Å². The number of rotatable bonds is 2. The van der Waals surface area contributed by atoms with Crippen LogP contribution in [0.2, 0.25) is 0 Å². The zero-order valence-corrected chi connectivity index (χ0v) is 9.89. The molecule has 0 heterocycles. The fourth-order valence-corrected chi connectivity index (χ4v) is 1.27. The molecule has 0 saturated heterocycles. The lowest BCUT2D eigenvalue weighted by Crippen LogP contribution is -2.19. The Kier molecular flexibility index (Phi) is 3.36. The number of hydrogen-bond acceptors (Lipinski definition) is 2. The summed E-state index contributed by atoms with van der Waals surface area (Å²) in [5.41, 5.74) is 3.12. The van der Waals surface area contributed by atoms with Gasteiger partial charge in [0.05, 0.1) is 11.6 Å². The Bertz CT molecular complexity index is 381. The van der Waals surface area contributed by atoms with Crippen molar-refractivity contribution in [1.29, 1.82) is 5.26 Å². The van der Waals surface area contributed by atoms with E-state index in [1.165, 1.54) is 0 Å². The molecule has 0 aromatic heterocycles. The Balaban J connectivity index is 2.73. The molecule has 0 atom stereocenters. The van der Waals surface area contributed by atoms with Gasteiger partial charge in [-0.15, -0.1) is 0 Å². The first-order valence-electron chi connectivity index (χ1n) is 5.17. The zero-order valence-electron chi connectivity index (χ0n) is 9.89. The van der Waals surface area contributed by atoms with Gasteiger partial charge in [0, 0.05) is 12.2 Å². The third-order valence-electron chi connectivity index (χ3n) is 2.17. The summed E-state index contributed by atoms with van der Waals surface area (Å²) in [5.74, 6) is 0. The molecule has 0 aliphatic rings. The number of hydrogen-bond donors (Lipinski definition) is 1. The molecule has 80 valence electrons. The van der Waals surface area contributed by atoms with Crippen LogP contribution in [-0.4, -0.2) is 6.54 Å². The number of nitriles is 1. The molecule has 0 amide bonds. The molecule has 1 aromatic carbocycles. The lowest BCUT2D eigenvalue weighted by Gasteiger charge is -2.19. The van der Waals surface area contributed by atoms with Gasteiger partial charge in [-0.3, -0.25) is 0 Å². The highest BCUT2D eigenvalue weighted by molar-refractivity contribution is 5.51. The lowest BCUT2D eigenvalue weighted by molar-refractivity contribution is 0.443. The van der Waals surface area contributed by atoms with E-state index in [-0.39, 0.29) is 5.41 Å². The van der Waals surface area contributed by atoms with Crippen LogP contribution in [0, 0.1) is 23.7 Å². The Morgan fingerprint density at radius 3 is 2.47 bits per heavy atom. The van der Waals surface area contributed by atoms with Gasteiger partial charge in [0.15, 0.2) is 0 Å². The van der Waals surface area contributed by atoms with Crippen LogP contribution < -0.4 is 5.32 Å². The predicted octanol–water partition coefficient (Wildman–Crippen LogP) is 3.32. The standard InChI is InChI=1S/C13H18N2/c1-10-7-12(6-5-11(10)8-14)15-9-13(2,3)4/h5-7,15H,9H2,1-4H3. The maximum atomic E-state index is 8.80. The van der Waals surface area contributed by atoms with Crippen LogP contribution in [0.25, 0.3) is 0 Å². The smallest absolute Gasteiger partial charge is 0.0994 e. The first kappa shape index (κ1) is 11.6. The van der Waals surface area contributed by atoms with E-state index in [1.807, 2.05) is 25.1 Å². The summed E-state index contributed by atoms with van der Waals surface area (Å²) < 4.78 is 0. The zero-order chi connectivity index (χ0) is 11.5. The van der Waals surface area contributed by atoms with Crippen LogP contribution >= 0.6 is 0 Å². The number of nitrogens with one attached hydrogen (secondary N) is 1. The molecule has 1 rings (SSSR count). The molecule has 1 N–H and O–H groups in total. The largest absolute Gasteiger partial charge is 0.385 e. The van der Waals surface area contributed by atoms with E-state index >= 15 is 0 Å². The molecule has 0 aliphatic heterocycles. The van der Waals surface area contributed by atoms with E-state index in [2.05, 4.69) is 32.2 Å². The second-order valence-electron chi connectivity index (χ2n) is 5.06. The fraction of sp³-hybridized carbons (Fsp3) is 0.462. The van der Waals surface area contributed by atoms with Crippen molar-refractivity contribution in [1.82, 2.24) is 0 Å². The Labute approximate surface area is 91.9 Å². The van der Waals surface area contributed by atoms with Gasteiger partial charge in [-0.2, -0.15) is 5.26 Å². The van der Waals surface area contributed by atoms with E-state index in [0.717, 1.165) is 23.4 Å². The third-order valence-corrected chi connectivity index (χ3v) is 2.17. The molecule has 0 unspecified atom stereocenters. The number of benzene rings is 1. The average molecular weight is 202 g/mol. The van der Waals surface area contributed by atoms with Gasteiger partial charge in [-0.1, -0.05) is 20.8 Å². The topological polar surface area (TPSA) is 35.8 Å². The van der Waals surface area contributed by atoms with Gasteiger partial charge in [0.1, 0.15) is 0 Å². The Morgan fingerprint density at radius 2 is 2.00 bits per heavy atom. The molecular weight excluding hydrogens is 184 g/mol. The Hall–Kier alpha value is -1.49. The first-order valence-corrected chi connectivity index (χ1v) is 5.17. The molecule has 1 aromatic rings. The Morgan fingerprint density at radius 1 is 1.33 bits per heavy atom. The normalized spacial score (nSPS) is 10.9. The predicted molar refractivity (Wildman–Crippen MR) is 63.8 cm³/mol. The quantitative estimate of drug-likeness (QED) is 0.798. The van der Waals surface area contributed by atoms with Gasteiger partial charge < -0.3 is 5.32 Å². The molecule has 2 nitrogen and oxygen atoms in total. The maximum Gasteiger partial charge on any atom is 0.0994 e. The minimum atomic E-state index is 0.266. The monoisotopic (exact) mass is 202 g/mol. The minimum Gasteiger partial charge on any atom is -0.385 e. The first-order chi connectivity index (χ1) is 6.92. The SMILES string of the molecule is Cc1cc(NCC(C)(C)C)ccc1C#N. The van der Waals surface area contributed by atoms with Gasteiger partial charge in [-0.05, 0) is 36.1 Å². The lowest BCUT2D eigenvalue weighted by atomic mass is 9.97. The molecule has 0 spiro atoms. The molecule has 0 radical (unpaired) electrons. The molecule has 15 heavy (non-hydrogen) atoms. The molecular formula is C13H18N2. The number of nitrogens with zero attached hydrogens (tertiary/aromatic N) is 1. The summed E-state index contributed by atoms with van der Waals surface area (Å²) in [6, 6.07) is 8.00. The van der Waals surface area contributed by atoms with E-state index in [1.54, 1.807) is 0 Å².